The number of urea groups is 1. The number of fused-ring (bicyclic) bond motifs is 2. The van der Waals surface area contributed by atoms with Crippen molar-refractivity contribution in [2.75, 3.05) is 0 Å². The number of aromatic nitrogens is 3. The number of amidine groups is 1. The number of ether oxygens (including phenoxy) is 1. The molecule has 8 nitrogen and oxygen atoms in total. The molecule has 1 aliphatic rings. The second kappa shape index (κ2) is 7.79. The molecule has 4 rings (SSSR count). The number of nitrogens with one attached hydrogen (secondary N) is 3. The SMILES string of the molecule is Bc1nnc2ccc(O[C@@H]3CC[C@H](NC(=O)NC(=N)C=C)c4ccccc43)cn12. The Labute approximate surface area is 168 Å². The van der Waals surface area contributed by atoms with Gasteiger partial charge in [0.05, 0.1) is 18.0 Å². The van der Waals surface area contributed by atoms with Gasteiger partial charge in [-0.1, -0.05) is 30.8 Å². The van der Waals surface area contributed by atoms with Gasteiger partial charge in [0.2, 0.25) is 0 Å². The summed E-state index contributed by atoms with van der Waals surface area (Å²) in [5.41, 5.74) is 3.64. The fourth-order valence-electron chi connectivity index (χ4n) is 3.61. The maximum Gasteiger partial charge on any atom is 0.320 e. The van der Waals surface area contributed by atoms with E-state index < -0.39 is 6.03 Å². The van der Waals surface area contributed by atoms with Gasteiger partial charge in [0, 0.05) is 0 Å². The van der Waals surface area contributed by atoms with Crippen LogP contribution in [0.3, 0.4) is 0 Å². The number of benzene rings is 1. The van der Waals surface area contributed by atoms with Crippen LogP contribution in [0.4, 0.5) is 4.79 Å². The van der Waals surface area contributed by atoms with Crippen molar-refractivity contribution < 1.29 is 9.53 Å². The van der Waals surface area contributed by atoms with Gasteiger partial charge in [0.1, 0.15) is 17.7 Å². The second-order valence-electron chi connectivity index (χ2n) is 6.92. The number of hydrogen-bond donors (Lipinski definition) is 3. The highest BCUT2D eigenvalue weighted by Crippen LogP contribution is 2.38. The van der Waals surface area contributed by atoms with Crippen molar-refractivity contribution in [3.8, 4) is 5.75 Å². The van der Waals surface area contributed by atoms with E-state index in [-0.39, 0.29) is 18.0 Å². The third kappa shape index (κ3) is 3.84. The van der Waals surface area contributed by atoms with Gasteiger partial charge >= 0.3 is 6.03 Å². The highest BCUT2D eigenvalue weighted by Gasteiger charge is 2.29. The summed E-state index contributed by atoms with van der Waals surface area (Å²) in [7, 11) is 1.90. The Morgan fingerprint density at radius 2 is 2.03 bits per heavy atom. The van der Waals surface area contributed by atoms with E-state index in [4.69, 9.17) is 10.1 Å². The lowest BCUT2D eigenvalue weighted by atomic mass is 9.85. The number of amides is 2. The predicted molar refractivity (Wildman–Crippen MR) is 113 cm³/mol. The third-order valence-corrected chi connectivity index (χ3v) is 5.02. The summed E-state index contributed by atoms with van der Waals surface area (Å²) < 4.78 is 8.19. The topological polar surface area (TPSA) is 104 Å². The van der Waals surface area contributed by atoms with Crippen molar-refractivity contribution in [3.05, 3.63) is 66.4 Å². The molecule has 2 amide bonds. The molecule has 2 heterocycles. The second-order valence-corrected chi connectivity index (χ2v) is 6.92. The number of nitrogens with zero attached hydrogens (tertiary/aromatic N) is 3. The van der Waals surface area contributed by atoms with Crippen LogP contribution >= 0.6 is 0 Å². The molecule has 2 atom stereocenters. The van der Waals surface area contributed by atoms with E-state index >= 15 is 0 Å². The standard InChI is InChI=1S/C20H21BN6O2/c1-2-17(22)24-20(28)23-15-8-9-16(14-6-4-3-5-13(14)15)29-12-7-10-18-25-26-19(21)27(18)11-12/h2-7,10-11,15-16H,1,8-9,21H2,(H3,22,23,24,28)/t15-,16+/m0/s1. The van der Waals surface area contributed by atoms with Crippen molar-refractivity contribution in [1.82, 2.24) is 25.2 Å². The van der Waals surface area contributed by atoms with Crippen molar-refractivity contribution in [3.63, 3.8) is 0 Å². The molecule has 0 radical (unpaired) electrons. The molecule has 3 N–H and O–H groups in total. The van der Waals surface area contributed by atoms with E-state index in [2.05, 4.69) is 27.4 Å². The van der Waals surface area contributed by atoms with Crippen molar-refractivity contribution in [2.45, 2.75) is 25.0 Å². The van der Waals surface area contributed by atoms with Crippen molar-refractivity contribution in [1.29, 1.82) is 5.41 Å². The Kier molecular flexibility index (Phi) is 5.03. The van der Waals surface area contributed by atoms with Gasteiger partial charge in [0.25, 0.3) is 0 Å². The van der Waals surface area contributed by atoms with Crippen LogP contribution in [0.5, 0.6) is 5.75 Å². The highest BCUT2D eigenvalue weighted by molar-refractivity contribution is 6.29. The van der Waals surface area contributed by atoms with Gasteiger partial charge in [-0.25, -0.2) is 4.79 Å². The first-order valence-corrected chi connectivity index (χ1v) is 9.40. The summed E-state index contributed by atoms with van der Waals surface area (Å²) in [6.45, 7) is 3.47. The summed E-state index contributed by atoms with van der Waals surface area (Å²) >= 11 is 0. The van der Waals surface area contributed by atoms with Crippen molar-refractivity contribution >= 4 is 31.1 Å². The summed E-state index contributed by atoms with van der Waals surface area (Å²) in [6, 6.07) is 11.2. The van der Waals surface area contributed by atoms with Crippen LogP contribution in [0.15, 0.2) is 55.3 Å². The lowest BCUT2D eigenvalue weighted by Gasteiger charge is -2.32. The number of rotatable bonds is 4. The summed E-state index contributed by atoms with van der Waals surface area (Å²) in [6.07, 6.45) is 4.54. The van der Waals surface area contributed by atoms with E-state index in [1.165, 1.54) is 6.08 Å². The monoisotopic (exact) mass is 388 g/mol. The number of carbonyl (C=O) groups excluding carboxylic acids is 1. The summed E-state index contributed by atoms with van der Waals surface area (Å²) in [4.78, 5) is 12.1. The third-order valence-electron chi connectivity index (χ3n) is 5.02. The zero-order valence-corrected chi connectivity index (χ0v) is 16.1. The van der Waals surface area contributed by atoms with Crippen LogP contribution in [0, 0.1) is 5.41 Å². The molecule has 0 saturated carbocycles. The van der Waals surface area contributed by atoms with E-state index in [0.29, 0.717) is 0 Å². The van der Waals surface area contributed by atoms with E-state index in [1.54, 1.807) is 0 Å². The van der Waals surface area contributed by atoms with Gasteiger partial charge in [-0.15, -0.1) is 10.2 Å². The largest absolute Gasteiger partial charge is 0.484 e. The zero-order valence-electron chi connectivity index (χ0n) is 16.1. The molecule has 2 aromatic heterocycles. The van der Waals surface area contributed by atoms with E-state index in [1.807, 2.05) is 54.8 Å². The Morgan fingerprint density at radius 3 is 2.83 bits per heavy atom. The first-order chi connectivity index (χ1) is 14.0. The molecule has 0 unspecified atom stereocenters. The minimum atomic E-state index is -0.414. The average Bonchev–Trinajstić information content (AvgIpc) is 3.10. The van der Waals surface area contributed by atoms with E-state index in [9.17, 15) is 4.79 Å². The summed E-state index contributed by atoms with van der Waals surface area (Å²) in [5.74, 6) is 0.705. The predicted octanol–water partition coefficient (Wildman–Crippen LogP) is 1.41. The zero-order chi connectivity index (χ0) is 20.4. The maximum atomic E-state index is 12.1. The molecule has 1 aromatic carbocycles. The molecule has 9 heteroatoms. The van der Waals surface area contributed by atoms with Gasteiger partial charge in [0.15, 0.2) is 13.5 Å². The van der Waals surface area contributed by atoms with Crippen LogP contribution in [0.2, 0.25) is 0 Å². The molecular weight excluding hydrogens is 367 g/mol. The smallest absolute Gasteiger partial charge is 0.320 e. The average molecular weight is 388 g/mol. The maximum absolute atomic E-state index is 12.1. The van der Waals surface area contributed by atoms with Crippen LogP contribution in [-0.2, 0) is 0 Å². The lowest BCUT2D eigenvalue weighted by Crippen LogP contribution is -2.41. The first-order valence-electron chi connectivity index (χ1n) is 9.40. The van der Waals surface area contributed by atoms with Crippen molar-refractivity contribution in [2.24, 2.45) is 0 Å². The lowest BCUT2D eigenvalue weighted by molar-refractivity contribution is 0.171. The normalized spacial score (nSPS) is 17.9. The van der Waals surface area contributed by atoms with Gasteiger partial charge in [-0.05, 0) is 42.2 Å². The summed E-state index contributed by atoms with van der Waals surface area (Å²) in [5, 5.41) is 21.1. The van der Waals surface area contributed by atoms with Crippen LogP contribution in [-0.4, -0.2) is 34.3 Å². The number of carbonyl (C=O) groups is 1. The van der Waals surface area contributed by atoms with Gasteiger partial charge in [-0.2, -0.15) is 0 Å². The number of hydrogen-bond acceptors (Lipinski definition) is 5. The molecule has 0 aliphatic heterocycles. The molecule has 29 heavy (non-hydrogen) atoms. The highest BCUT2D eigenvalue weighted by atomic mass is 16.5. The molecule has 0 bridgehead atoms. The van der Waals surface area contributed by atoms with Gasteiger partial charge < -0.3 is 10.1 Å². The van der Waals surface area contributed by atoms with Crippen LogP contribution in [0.1, 0.15) is 36.1 Å². The Hall–Kier alpha value is -3.62. The minimum Gasteiger partial charge on any atom is -0.484 e. The van der Waals surface area contributed by atoms with E-state index in [0.717, 1.165) is 41.1 Å². The Morgan fingerprint density at radius 1 is 1.24 bits per heavy atom. The van der Waals surface area contributed by atoms with Crippen LogP contribution < -0.4 is 21.1 Å². The molecule has 146 valence electrons. The van der Waals surface area contributed by atoms with Crippen LogP contribution in [0.25, 0.3) is 5.65 Å². The quantitative estimate of drug-likeness (QED) is 0.357. The molecule has 0 fully saturated rings. The molecule has 0 spiro atoms. The molecule has 1 aliphatic carbocycles. The number of pyridine rings is 1. The Balaban J connectivity index is 1.54. The first kappa shape index (κ1) is 18.7. The fraction of sp³-hybridized carbons (Fsp3) is 0.200. The molecule has 3 aromatic rings. The fourth-order valence-corrected chi connectivity index (χ4v) is 3.61. The molecule has 0 saturated heterocycles. The minimum absolute atomic E-state index is 0.0347. The Bertz CT molecular complexity index is 1100. The van der Waals surface area contributed by atoms with Gasteiger partial charge in [-0.3, -0.25) is 15.1 Å². The molecular formula is C20H21BN6O2.